The maximum Gasteiger partial charge on any atom is 0.255 e. The molecule has 124 valence electrons. The van der Waals surface area contributed by atoms with Gasteiger partial charge in [0.2, 0.25) is 0 Å². The highest BCUT2D eigenvalue weighted by Gasteiger charge is 2.53. The summed E-state index contributed by atoms with van der Waals surface area (Å²) in [6.07, 6.45) is 2.08. The van der Waals surface area contributed by atoms with Crippen molar-refractivity contribution < 1.29 is 19.4 Å². The van der Waals surface area contributed by atoms with Crippen molar-refractivity contribution in [1.29, 1.82) is 0 Å². The van der Waals surface area contributed by atoms with Crippen LogP contribution in [0.15, 0.2) is 24.3 Å². The summed E-state index contributed by atoms with van der Waals surface area (Å²) in [5.74, 6) is 0.135. The van der Waals surface area contributed by atoms with Gasteiger partial charge in [-0.2, -0.15) is 0 Å². The van der Waals surface area contributed by atoms with E-state index in [9.17, 15) is 14.7 Å². The van der Waals surface area contributed by atoms with Crippen LogP contribution in [0.25, 0.3) is 0 Å². The fraction of sp³-hybridized carbons (Fsp3) is 0.529. The third-order valence-corrected chi connectivity index (χ3v) is 4.83. The molecule has 1 heterocycles. The Morgan fingerprint density at radius 1 is 1.43 bits per heavy atom. The number of primary amides is 1. The average Bonchev–Trinajstić information content (AvgIpc) is 3.33. The summed E-state index contributed by atoms with van der Waals surface area (Å²) >= 11 is 0. The molecule has 3 N–H and O–H groups in total. The van der Waals surface area contributed by atoms with Gasteiger partial charge in [-0.25, -0.2) is 0 Å². The number of likely N-dealkylation sites (tertiary alicyclic amines) is 1. The summed E-state index contributed by atoms with van der Waals surface area (Å²) in [6, 6.07) is 6.69. The van der Waals surface area contributed by atoms with Crippen molar-refractivity contribution in [1.82, 2.24) is 4.90 Å². The molecule has 2 amide bonds. The van der Waals surface area contributed by atoms with Gasteiger partial charge in [0, 0.05) is 18.0 Å². The Balaban J connectivity index is 1.71. The molecule has 0 unspecified atom stereocenters. The van der Waals surface area contributed by atoms with E-state index in [-0.39, 0.29) is 18.4 Å². The highest BCUT2D eigenvalue weighted by molar-refractivity contribution is 5.95. The van der Waals surface area contributed by atoms with Crippen LogP contribution in [0.5, 0.6) is 5.75 Å². The van der Waals surface area contributed by atoms with Gasteiger partial charge in [0.1, 0.15) is 5.75 Å². The number of benzene rings is 1. The van der Waals surface area contributed by atoms with Gasteiger partial charge in [-0.3, -0.25) is 9.59 Å². The van der Waals surface area contributed by atoms with Gasteiger partial charge in [-0.1, -0.05) is 13.0 Å². The number of hydrogen-bond acceptors (Lipinski definition) is 4. The number of carbonyl (C=O) groups excluding carboxylic acids is 2. The van der Waals surface area contributed by atoms with Gasteiger partial charge in [-0.05, 0) is 37.0 Å². The SMILES string of the molecule is C[C@@H]1CN(C(=O)c2cccc(OCC(N)=O)c2)C[C@@]1(O)C1CC1. The van der Waals surface area contributed by atoms with Crippen molar-refractivity contribution in [2.24, 2.45) is 17.6 Å². The zero-order chi connectivity index (χ0) is 16.6. The van der Waals surface area contributed by atoms with E-state index < -0.39 is 11.5 Å². The van der Waals surface area contributed by atoms with E-state index >= 15 is 0 Å². The van der Waals surface area contributed by atoms with Crippen molar-refractivity contribution in [2.75, 3.05) is 19.7 Å². The van der Waals surface area contributed by atoms with Gasteiger partial charge >= 0.3 is 0 Å². The standard InChI is InChI=1S/C17H22N2O4/c1-11-8-19(10-17(11,22)13-5-6-13)16(21)12-3-2-4-14(7-12)23-9-15(18)20/h2-4,7,11,13,22H,5-6,8-10H2,1H3,(H2,18,20)/t11-,17+/m1/s1. The highest BCUT2D eigenvalue weighted by atomic mass is 16.5. The molecule has 1 aromatic rings. The normalized spacial score (nSPS) is 27.0. The predicted octanol–water partition coefficient (Wildman–Crippen LogP) is 0.784. The molecular formula is C17H22N2O4. The molecule has 2 aliphatic rings. The number of nitrogens with zero attached hydrogens (tertiary/aromatic N) is 1. The fourth-order valence-corrected chi connectivity index (χ4v) is 3.34. The molecule has 3 rings (SSSR count). The average molecular weight is 318 g/mol. The molecule has 0 aromatic heterocycles. The summed E-state index contributed by atoms with van der Waals surface area (Å²) < 4.78 is 5.24. The molecular weight excluding hydrogens is 296 g/mol. The Hall–Kier alpha value is -2.08. The van der Waals surface area contributed by atoms with Crippen molar-refractivity contribution in [2.45, 2.75) is 25.4 Å². The van der Waals surface area contributed by atoms with Crippen LogP contribution < -0.4 is 10.5 Å². The topological polar surface area (TPSA) is 92.9 Å². The first-order valence-electron chi connectivity index (χ1n) is 7.93. The molecule has 1 saturated heterocycles. The summed E-state index contributed by atoms with van der Waals surface area (Å²) in [6.45, 7) is 2.71. The third kappa shape index (κ3) is 3.17. The molecule has 1 aromatic carbocycles. The van der Waals surface area contributed by atoms with Crippen molar-refractivity contribution >= 4 is 11.8 Å². The van der Waals surface area contributed by atoms with Crippen LogP contribution in [-0.2, 0) is 4.79 Å². The molecule has 1 aliphatic heterocycles. The number of carbonyl (C=O) groups is 2. The number of ether oxygens (including phenoxy) is 1. The summed E-state index contributed by atoms with van der Waals surface area (Å²) in [7, 11) is 0. The zero-order valence-corrected chi connectivity index (χ0v) is 13.2. The van der Waals surface area contributed by atoms with Gasteiger partial charge in [0.05, 0.1) is 12.1 Å². The molecule has 6 heteroatoms. The minimum absolute atomic E-state index is 0.0771. The lowest BCUT2D eigenvalue weighted by Crippen LogP contribution is -2.40. The van der Waals surface area contributed by atoms with E-state index in [4.69, 9.17) is 10.5 Å². The zero-order valence-electron chi connectivity index (χ0n) is 13.2. The van der Waals surface area contributed by atoms with Crippen LogP contribution in [0, 0.1) is 11.8 Å². The number of amides is 2. The van der Waals surface area contributed by atoms with E-state index in [0.29, 0.717) is 30.3 Å². The van der Waals surface area contributed by atoms with Crippen molar-refractivity contribution in [3.63, 3.8) is 0 Å². The molecule has 0 radical (unpaired) electrons. The quantitative estimate of drug-likeness (QED) is 0.839. The Bertz CT molecular complexity index is 629. The third-order valence-electron chi connectivity index (χ3n) is 4.83. The first-order chi connectivity index (χ1) is 10.9. The van der Waals surface area contributed by atoms with Crippen LogP contribution in [-0.4, -0.2) is 47.1 Å². The second-order valence-electron chi connectivity index (χ2n) is 6.64. The first kappa shape index (κ1) is 15.8. The predicted molar refractivity (Wildman–Crippen MR) is 83.9 cm³/mol. The monoisotopic (exact) mass is 318 g/mol. The molecule has 23 heavy (non-hydrogen) atoms. The van der Waals surface area contributed by atoms with E-state index in [1.165, 1.54) is 0 Å². The molecule has 2 fully saturated rings. The smallest absolute Gasteiger partial charge is 0.255 e. The second kappa shape index (κ2) is 5.85. The number of rotatable bonds is 5. The van der Waals surface area contributed by atoms with Crippen LogP contribution in [0.2, 0.25) is 0 Å². The second-order valence-corrected chi connectivity index (χ2v) is 6.64. The van der Waals surface area contributed by atoms with Crippen LogP contribution >= 0.6 is 0 Å². The minimum Gasteiger partial charge on any atom is -0.484 e. The summed E-state index contributed by atoms with van der Waals surface area (Å²) in [5.41, 5.74) is 4.78. The van der Waals surface area contributed by atoms with E-state index in [2.05, 4.69) is 0 Å². The van der Waals surface area contributed by atoms with Gasteiger partial charge in [-0.15, -0.1) is 0 Å². The van der Waals surface area contributed by atoms with E-state index in [1.54, 1.807) is 29.2 Å². The largest absolute Gasteiger partial charge is 0.484 e. The maximum absolute atomic E-state index is 12.7. The Morgan fingerprint density at radius 3 is 2.83 bits per heavy atom. The van der Waals surface area contributed by atoms with E-state index in [1.807, 2.05) is 6.92 Å². The fourth-order valence-electron chi connectivity index (χ4n) is 3.34. The van der Waals surface area contributed by atoms with Crippen LogP contribution in [0.1, 0.15) is 30.1 Å². The lowest BCUT2D eigenvalue weighted by molar-refractivity contribution is -0.119. The molecule has 6 nitrogen and oxygen atoms in total. The Morgan fingerprint density at radius 2 is 2.17 bits per heavy atom. The van der Waals surface area contributed by atoms with Crippen LogP contribution in [0.3, 0.4) is 0 Å². The summed E-state index contributed by atoms with van der Waals surface area (Å²) in [4.78, 5) is 25.2. The van der Waals surface area contributed by atoms with Crippen molar-refractivity contribution in [3.8, 4) is 5.75 Å². The molecule has 0 spiro atoms. The maximum atomic E-state index is 12.7. The molecule has 0 bridgehead atoms. The number of β-amino-alcohol motifs (C(OH)–C–C–N with tert-alkyl or cyclic N) is 1. The molecule has 1 saturated carbocycles. The summed E-state index contributed by atoms with van der Waals surface area (Å²) in [5, 5.41) is 10.8. The van der Waals surface area contributed by atoms with Crippen molar-refractivity contribution in [3.05, 3.63) is 29.8 Å². The van der Waals surface area contributed by atoms with Gasteiger partial charge in [0.15, 0.2) is 6.61 Å². The number of nitrogens with two attached hydrogens (primary N) is 1. The molecule has 1 aliphatic carbocycles. The Kier molecular flexibility index (Phi) is 4.02. The minimum atomic E-state index is -0.754. The highest BCUT2D eigenvalue weighted by Crippen LogP contribution is 2.47. The van der Waals surface area contributed by atoms with Crippen LogP contribution in [0.4, 0.5) is 0 Å². The lowest BCUT2D eigenvalue weighted by atomic mass is 9.88. The number of aliphatic hydroxyl groups is 1. The van der Waals surface area contributed by atoms with Gasteiger partial charge in [0.25, 0.3) is 11.8 Å². The molecule has 2 atom stereocenters. The number of hydrogen-bond donors (Lipinski definition) is 2. The first-order valence-corrected chi connectivity index (χ1v) is 7.93. The van der Waals surface area contributed by atoms with E-state index in [0.717, 1.165) is 12.8 Å². The Labute approximate surface area is 135 Å². The van der Waals surface area contributed by atoms with Gasteiger partial charge < -0.3 is 20.5 Å². The lowest BCUT2D eigenvalue weighted by Gasteiger charge is -2.26.